The minimum absolute atomic E-state index is 0. The Morgan fingerprint density at radius 3 is 2.21 bits per heavy atom. The van der Waals surface area contributed by atoms with Crippen molar-refractivity contribution < 1.29 is 23.4 Å². The molecule has 0 bridgehead atoms. The van der Waals surface area contributed by atoms with Gasteiger partial charge in [0.15, 0.2) is 17.6 Å². The minimum atomic E-state index is -1.15. The fourth-order valence-electron chi connectivity index (χ4n) is 2.53. The minimum Gasteiger partial charge on any atom is -0.493 e. The third kappa shape index (κ3) is 5.34. The lowest BCUT2D eigenvalue weighted by Gasteiger charge is -2.18. The molecule has 0 unspecified atom stereocenters. The van der Waals surface area contributed by atoms with Crippen LogP contribution in [0.4, 0.5) is 4.39 Å². The molecule has 0 aromatic heterocycles. The predicted molar refractivity (Wildman–Crippen MR) is 106 cm³/mol. The predicted octanol–water partition coefficient (Wildman–Crippen LogP) is 2.55. The topological polar surface area (TPSA) is 107 Å². The summed E-state index contributed by atoms with van der Waals surface area (Å²) in [6.07, 6.45) is -1.15. The van der Waals surface area contributed by atoms with Crippen molar-refractivity contribution in [2.75, 3.05) is 21.3 Å². The molecule has 9 heteroatoms. The third-order valence-corrected chi connectivity index (χ3v) is 3.99. The number of ether oxygens (including phenoxy) is 3. The van der Waals surface area contributed by atoms with Crippen LogP contribution in [0.25, 0.3) is 0 Å². The maximum Gasteiger partial charge on any atom is 0.254 e. The Labute approximate surface area is 168 Å². The maximum atomic E-state index is 14.4. The van der Waals surface area contributed by atoms with Crippen LogP contribution < -0.4 is 20.5 Å². The summed E-state index contributed by atoms with van der Waals surface area (Å²) in [6.45, 7) is 0.214. The van der Waals surface area contributed by atoms with Crippen molar-refractivity contribution in [3.05, 3.63) is 58.9 Å². The van der Waals surface area contributed by atoms with Gasteiger partial charge in [-0.15, -0.1) is 12.4 Å². The number of amidine groups is 1. The standard InChI is InChI=1S/C19H22FN3O4.ClH/c1-25-15-8-13(14(20)9-16(15)26-2)17(27-3)19(24)23-10-11-4-6-12(7-5-11)18(21)22;/h4-9,17H,10H2,1-3H3,(H3,21,22)(H,23,24);1H/t17-;/m0./s1. The van der Waals surface area contributed by atoms with E-state index in [-0.39, 0.29) is 36.1 Å². The molecule has 152 valence electrons. The van der Waals surface area contributed by atoms with Crippen LogP contribution in [0, 0.1) is 11.2 Å². The number of hydrogen-bond acceptors (Lipinski definition) is 5. The highest BCUT2D eigenvalue weighted by Gasteiger charge is 2.25. The van der Waals surface area contributed by atoms with Crippen LogP contribution in [0.5, 0.6) is 11.5 Å². The van der Waals surface area contributed by atoms with E-state index in [9.17, 15) is 9.18 Å². The van der Waals surface area contributed by atoms with Crippen LogP contribution >= 0.6 is 12.4 Å². The molecule has 0 aliphatic heterocycles. The lowest BCUT2D eigenvalue weighted by molar-refractivity contribution is -0.131. The molecule has 0 saturated carbocycles. The second-order valence-corrected chi connectivity index (χ2v) is 5.67. The molecule has 7 nitrogen and oxygen atoms in total. The lowest BCUT2D eigenvalue weighted by atomic mass is 10.1. The van der Waals surface area contributed by atoms with Gasteiger partial charge in [-0.3, -0.25) is 10.2 Å². The Balaban J connectivity index is 0.00000392. The molecule has 1 amide bonds. The number of carbonyl (C=O) groups is 1. The van der Waals surface area contributed by atoms with Crippen molar-refractivity contribution in [2.24, 2.45) is 5.73 Å². The fourth-order valence-corrected chi connectivity index (χ4v) is 2.53. The van der Waals surface area contributed by atoms with Gasteiger partial charge >= 0.3 is 0 Å². The zero-order chi connectivity index (χ0) is 20.0. The number of amides is 1. The Bertz CT molecular complexity index is 831. The second-order valence-electron chi connectivity index (χ2n) is 5.67. The van der Waals surface area contributed by atoms with E-state index >= 15 is 0 Å². The Morgan fingerprint density at radius 1 is 1.14 bits per heavy atom. The van der Waals surface area contributed by atoms with Gasteiger partial charge in [0.25, 0.3) is 5.91 Å². The van der Waals surface area contributed by atoms with Crippen molar-refractivity contribution in [1.82, 2.24) is 5.32 Å². The lowest BCUT2D eigenvalue weighted by Crippen LogP contribution is -2.30. The second kappa shape index (κ2) is 10.5. The van der Waals surface area contributed by atoms with E-state index in [1.165, 1.54) is 27.4 Å². The zero-order valence-electron chi connectivity index (χ0n) is 15.7. The van der Waals surface area contributed by atoms with Crippen LogP contribution in [0.1, 0.15) is 22.8 Å². The van der Waals surface area contributed by atoms with Gasteiger partial charge in [-0.05, 0) is 11.6 Å². The van der Waals surface area contributed by atoms with Crippen LogP contribution in [0.3, 0.4) is 0 Å². The summed E-state index contributed by atoms with van der Waals surface area (Å²) in [5, 5.41) is 10.1. The SMILES string of the molecule is COc1cc(F)c([C@H](OC)C(=O)NCc2ccc(C(=N)N)cc2)cc1OC.Cl. The molecule has 2 aromatic rings. The van der Waals surface area contributed by atoms with Gasteiger partial charge in [-0.1, -0.05) is 24.3 Å². The average molecular weight is 412 g/mol. The van der Waals surface area contributed by atoms with E-state index in [4.69, 9.17) is 25.4 Å². The van der Waals surface area contributed by atoms with Crippen molar-refractivity contribution in [1.29, 1.82) is 5.41 Å². The first kappa shape index (κ1) is 23.2. The number of rotatable bonds is 8. The first-order valence-electron chi connectivity index (χ1n) is 8.06. The number of nitrogens with one attached hydrogen (secondary N) is 2. The zero-order valence-corrected chi connectivity index (χ0v) is 16.6. The molecule has 1 atom stereocenters. The molecule has 2 aromatic carbocycles. The number of carbonyl (C=O) groups excluding carboxylic acids is 1. The van der Waals surface area contributed by atoms with Crippen molar-refractivity contribution in [3.63, 3.8) is 0 Å². The molecule has 0 fully saturated rings. The number of halogens is 2. The highest BCUT2D eigenvalue weighted by Crippen LogP contribution is 2.33. The van der Waals surface area contributed by atoms with Crippen molar-refractivity contribution >= 4 is 24.1 Å². The smallest absolute Gasteiger partial charge is 0.254 e. The summed E-state index contributed by atoms with van der Waals surface area (Å²) in [5.41, 5.74) is 6.84. The number of methoxy groups -OCH3 is 3. The molecule has 0 heterocycles. The molecule has 0 aliphatic carbocycles. The largest absolute Gasteiger partial charge is 0.493 e. The summed E-state index contributed by atoms with van der Waals surface area (Å²) in [5.74, 6) is -0.656. The van der Waals surface area contributed by atoms with Gasteiger partial charge < -0.3 is 25.3 Å². The van der Waals surface area contributed by atoms with Gasteiger partial charge in [0.05, 0.1) is 14.2 Å². The number of hydrogen-bond donors (Lipinski definition) is 3. The maximum absolute atomic E-state index is 14.4. The first-order valence-corrected chi connectivity index (χ1v) is 8.06. The summed E-state index contributed by atoms with van der Waals surface area (Å²) in [4.78, 5) is 12.5. The van der Waals surface area contributed by atoms with Crippen LogP contribution in [0.2, 0.25) is 0 Å². The van der Waals surface area contributed by atoms with E-state index in [0.717, 1.165) is 11.6 Å². The number of benzene rings is 2. The molecule has 4 N–H and O–H groups in total. The average Bonchev–Trinajstić information content (AvgIpc) is 2.68. The molecular formula is C19H23ClFN3O4. The summed E-state index contributed by atoms with van der Waals surface area (Å²) in [7, 11) is 4.14. The van der Waals surface area contributed by atoms with E-state index in [0.29, 0.717) is 11.3 Å². The molecule has 0 aliphatic rings. The third-order valence-electron chi connectivity index (χ3n) is 3.99. The van der Waals surface area contributed by atoms with Crippen LogP contribution in [0.15, 0.2) is 36.4 Å². The van der Waals surface area contributed by atoms with Gasteiger partial charge in [0, 0.05) is 30.8 Å². The van der Waals surface area contributed by atoms with Gasteiger partial charge in [0.1, 0.15) is 11.7 Å². The van der Waals surface area contributed by atoms with E-state index < -0.39 is 17.8 Å². The van der Waals surface area contributed by atoms with Crippen molar-refractivity contribution in [3.8, 4) is 11.5 Å². The van der Waals surface area contributed by atoms with Gasteiger partial charge in [0.2, 0.25) is 0 Å². The normalized spacial score (nSPS) is 11.1. The Morgan fingerprint density at radius 2 is 1.71 bits per heavy atom. The van der Waals surface area contributed by atoms with Gasteiger partial charge in [-0.2, -0.15) is 0 Å². The first-order chi connectivity index (χ1) is 12.9. The molecule has 2 rings (SSSR count). The number of nitrogen functional groups attached to an aromatic ring is 1. The number of nitrogens with two attached hydrogens (primary N) is 1. The summed E-state index contributed by atoms with van der Waals surface area (Å²) < 4.78 is 29.8. The van der Waals surface area contributed by atoms with E-state index in [1.807, 2.05) is 0 Å². The quantitative estimate of drug-likeness (QED) is 0.457. The summed E-state index contributed by atoms with van der Waals surface area (Å²) >= 11 is 0. The highest BCUT2D eigenvalue weighted by molar-refractivity contribution is 5.94. The fraction of sp³-hybridized carbons (Fsp3) is 0.263. The molecular weight excluding hydrogens is 389 g/mol. The molecule has 0 spiro atoms. The van der Waals surface area contributed by atoms with E-state index in [2.05, 4.69) is 5.32 Å². The van der Waals surface area contributed by atoms with Crippen LogP contribution in [-0.4, -0.2) is 33.1 Å². The summed E-state index contributed by atoms with van der Waals surface area (Å²) in [6, 6.07) is 9.39. The van der Waals surface area contributed by atoms with Crippen molar-refractivity contribution in [2.45, 2.75) is 12.6 Å². The Hall–Kier alpha value is -2.84. The molecule has 28 heavy (non-hydrogen) atoms. The monoisotopic (exact) mass is 411 g/mol. The van der Waals surface area contributed by atoms with Crippen LogP contribution in [-0.2, 0) is 16.1 Å². The Kier molecular flexibility index (Phi) is 8.69. The van der Waals surface area contributed by atoms with E-state index in [1.54, 1.807) is 24.3 Å². The molecule has 0 radical (unpaired) electrons. The molecule has 0 saturated heterocycles. The van der Waals surface area contributed by atoms with Gasteiger partial charge in [-0.25, -0.2) is 4.39 Å². The highest BCUT2D eigenvalue weighted by atomic mass is 35.5.